The molecule has 5 N–H and O–H groups in total. The molecule has 19 heavy (non-hydrogen) atoms. The number of phenolic OH excluding ortho intramolecular Hbond substituents is 2. The molecule has 0 aromatic heterocycles. The average molecular weight is 268 g/mol. The van der Waals surface area contributed by atoms with Gasteiger partial charge in [-0.05, 0) is 18.6 Å². The first kappa shape index (κ1) is 14.6. The van der Waals surface area contributed by atoms with E-state index >= 15 is 0 Å². The van der Waals surface area contributed by atoms with Crippen molar-refractivity contribution in [3.63, 3.8) is 0 Å². The van der Waals surface area contributed by atoms with Gasteiger partial charge in [0.2, 0.25) is 5.91 Å². The van der Waals surface area contributed by atoms with Crippen molar-refractivity contribution >= 4 is 17.6 Å². The molecule has 1 amide bonds. The molecule has 0 aliphatic rings. The van der Waals surface area contributed by atoms with Crippen LogP contribution in [-0.2, 0) is 9.59 Å². The predicted molar refractivity (Wildman–Crippen MR) is 68.0 cm³/mol. The zero-order valence-electron chi connectivity index (χ0n) is 10.4. The number of hydrogen-bond acceptors (Lipinski definition) is 5. The van der Waals surface area contributed by atoms with Gasteiger partial charge in [-0.3, -0.25) is 4.79 Å². The van der Waals surface area contributed by atoms with Crippen molar-refractivity contribution in [3.05, 3.63) is 18.2 Å². The first-order valence-corrected chi connectivity index (χ1v) is 5.59. The molecule has 104 valence electrons. The van der Waals surface area contributed by atoms with Gasteiger partial charge in [0.1, 0.15) is 6.04 Å². The van der Waals surface area contributed by atoms with E-state index in [2.05, 4.69) is 0 Å². The maximum Gasteiger partial charge on any atom is 0.326 e. The zero-order chi connectivity index (χ0) is 14.6. The highest BCUT2D eigenvalue weighted by Gasteiger charge is 2.23. The second-order valence-corrected chi connectivity index (χ2v) is 4.14. The Morgan fingerprint density at radius 3 is 2.42 bits per heavy atom. The minimum atomic E-state index is -1.10. The summed E-state index contributed by atoms with van der Waals surface area (Å²) in [5.41, 5.74) is 5.41. The summed E-state index contributed by atoms with van der Waals surface area (Å²) < 4.78 is 0. The molecule has 7 heteroatoms. The third-order valence-electron chi connectivity index (χ3n) is 2.78. The Labute approximate surface area is 109 Å². The van der Waals surface area contributed by atoms with Crippen LogP contribution >= 0.6 is 0 Å². The van der Waals surface area contributed by atoms with Crippen LogP contribution in [0.2, 0.25) is 0 Å². The van der Waals surface area contributed by atoms with Crippen LogP contribution in [0.15, 0.2) is 18.2 Å². The van der Waals surface area contributed by atoms with Crippen molar-refractivity contribution in [2.45, 2.75) is 18.9 Å². The fraction of sp³-hybridized carbons (Fsp3) is 0.333. The van der Waals surface area contributed by atoms with E-state index in [4.69, 9.17) is 10.8 Å². The molecular formula is C12H16N2O5. The number of carbonyl (C=O) groups excluding carboxylic acids is 1. The summed E-state index contributed by atoms with van der Waals surface area (Å²) in [5.74, 6) is -2.31. The minimum Gasteiger partial charge on any atom is -0.504 e. The quantitative estimate of drug-likeness (QED) is 0.548. The molecule has 0 aliphatic carbocycles. The maximum absolute atomic E-state index is 11.2. The Morgan fingerprint density at radius 2 is 1.95 bits per heavy atom. The van der Waals surface area contributed by atoms with E-state index in [1.165, 1.54) is 30.1 Å². The van der Waals surface area contributed by atoms with E-state index in [9.17, 15) is 19.8 Å². The van der Waals surface area contributed by atoms with E-state index < -0.39 is 17.9 Å². The lowest BCUT2D eigenvalue weighted by molar-refractivity contribution is -0.138. The van der Waals surface area contributed by atoms with Crippen molar-refractivity contribution in [2.24, 2.45) is 5.73 Å². The number of aliphatic carboxylic acids is 1. The lowest BCUT2D eigenvalue weighted by Gasteiger charge is -2.26. The topological polar surface area (TPSA) is 124 Å². The predicted octanol–water partition coefficient (Wildman–Crippen LogP) is 0.253. The van der Waals surface area contributed by atoms with E-state index in [0.717, 1.165) is 0 Å². The first-order chi connectivity index (χ1) is 8.82. The Balaban J connectivity index is 2.92. The molecule has 0 bridgehead atoms. The average Bonchev–Trinajstić information content (AvgIpc) is 2.31. The van der Waals surface area contributed by atoms with Crippen molar-refractivity contribution in [1.29, 1.82) is 0 Å². The van der Waals surface area contributed by atoms with Crippen LogP contribution in [0.4, 0.5) is 5.69 Å². The van der Waals surface area contributed by atoms with Gasteiger partial charge < -0.3 is 26.0 Å². The monoisotopic (exact) mass is 268 g/mol. The number of amides is 1. The number of carboxylic acids is 1. The summed E-state index contributed by atoms with van der Waals surface area (Å²) in [6.45, 7) is 0. The smallest absolute Gasteiger partial charge is 0.326 e. The third-order valence-corrected chi connectivity index (χ3v) is 2.78. The van der Waals surface area contributed by atoms with E-state index in [-0.39, 0.29) is 24.3 Å². The number of aromatic hydroxyl groups is 2. The van der Waals surface area contributed by atoms with Crippen LogP contribution in [0.25, 0.3) is 0 Å². The molecule has 0 unspecified atom stereocenters. The van der Waals surface area contributed by atoms with E-state index in [0.29, 0.717) is 5.69 Å². The largest absolute Gasteiger partial charge is 0.504 e. The van der Waals surface area contributed by atoms with Crippen molar-refractivity contribution in [1.82, 2.24) is 0 Å². The summed E-state index contributed by atoms with van der Waals surface area (Å²) in [6.07, 6.45) is 0.00811. The number of benzene rings is 1. The minimum absolute atomic E-state index is 0.0502. The Bertz CT molecular complexity index is 489. The first-order valence-electron chi connectivity index (χ1n) is 5.59. The van der Waals surface area contributed by atoms with Gasteiger partial charge in [0, 0.05) is 25.2 Å². The number of carbonyl (C=O) groups is 2. The molecule has 7 nitrogen and oxygen atoms in total. The number of nitrogens with two attached hydrogens (primary N) is 1. The van der Waals surface area contributed by atoms with Crippen LogP contribution in [-0.4, -0.2) is 40.3 Å². The Morgan fingerprint density at radius 1 is 1.32 bits per heavy atom. The summed E-state index contributed by atoms with van der Waals surface area (Å²) in [4.78, 5) is 23.3. The highest BCUT2D eigenvalue weighted by molar-refractivity contribution is 5.80. The van der Waals surface area contributed by atoms with Gasteiger partial charge in [-0.15, -0.1) is 0 Å². The number of likely N-dealkylation sites (N-methyl/N-ethyl adjacent to an activating group) is 1. The molecular weight excluding hydrogens is 252 g/mol. The lowest BCUT2D eigenvalue weighted by Crippen LogP contribution is -2.39. The number of anilines is 1. The van der Waals surface area contributed by atoms with Gasteiger partial charge in [0.05, 0.1) is 0 Å². The molecule has 1 aromatic carbocycles. The highest BCUT2D eigenvalue weighted by atomic mass is 16.4. The molecule has 0 aliphatic heterocycles. The van der Waals surface area contributed by atoms with Gasteiger partial charge in [-0.1, -0.05) is 0 Å². The SMILES string of the molecule is CN(c1ccc(O)c(O)c1)[C@@H](CCC(N)=O)C(=O)O. The van der Waals surface area contributed by atoms with Gasteiger partial charge >= 0.3 is 5.97 Å². The van der Waals surface area contributed by atoms with Gasteiger partial charge in [0.15, 0.2) is 11.5 Å². The fourth-order valence-electron chi connectivity index (χ4n) is 1.67. The standard InChI is InChI=1S/C12H16N2O5/c1-14(7-2-4-9(15)10(16)6-7)8(12(18)19)3-5-11(13)17/h2,4,6,8,15-16H,3,5H2,1H3,(H2,13,17)(H,18,19)/t8-/m0/s1. The molecule has 0 heterocycles. The second kappa shape index (κ2) is 5.94. The van der Waals surface area contributed by atoms with E-state index in [1.807, 2.05) is 0 Å². The molecule has 1 atom stereocenters. The number of carboxylic acid groups (broad SMARTS) is 1. The Kier molecular flexibility index (Phi) is 4.57. The van der Waals surface area contributed by atoms with Crippen LogP contribution in [0.3, 0.4) is 0 Å². The van der Waals surface area contributed by atoms with Gasteiger partial charge in [-0.2, -0.15) is 0 Å². The molecule has 1 rings (SSSR count). The van der Waals surface area contributed by atoms with Crippen LogP contribution in [0.1, 0.15) is 12.8 Å². The van der Waals surface area contributed by atoms with Gasteiger partial charge in [-0.25, -0.2) is 4.79 Å². The summed E-state index contributed by atoms with van der Waals surface area (Å²) in [5, 5.41) is 27.7. The Hall–Kier alpha value is -2.44. The molecule has 0 saturated carbocycles. The van der Waals surface area contributed by atoms with Crippen molar-refractivity contribution in [2.75, 3.05) is 11.9 Å². The second-order valence-electron chi connectivity index (χ2n) is 4.14. The normalized spacial score (nSPS) is 11.8. The molecule has 0 radical (unpaired) electrons. The van der Waals surface area contributed by atoms with Crippen LogP contribution in [0, 0.1) is 0 Å². The third kappa shape index (κ3) is 3.77. The zero-order valence-corrected chi connectivity index (χ0v) is 10.4. The van der Waals surface area contributed by atoms with Crippen LogP contribution < -0.4 is 10.6 Å². The number of rotatable bonds is 6. The lowest BCUT2D eigenvalue weighted by atomic mass is 10.1. The summed E-state index contributed by atoms with van der Waals surface area (Å²) >= 11 is 0. The number of phenols is 2. The van der Waals surface area contributed by atoms with Crippen molar-refractivity contribution < 1.29 is 24.9 Å². The van der Waals surface area contributed by atoms with Gasteiger partial charge in [0.25, 0.3) is 0 Å². The number of primary amides is 1. The molecule has 0 spiro atoms. The number of hydrogen-bond donors (Lipinski definition) is 4. The fourth-order valence-corrected chi connectivity index (χ4v) is 1.67. The highest BCUT2D eigenvalue weighted by Crippen LogP contribution is 2.30. The molecule has 1 aromatic rings. The summed E-state index contributed by atoms with van der Waals surface area (Å²) in [6, 6.07) is 3.02. The maximum atomic E-state index is 11.2. The molecule has 0 fully saturated rings. The number of nitrogens with zero attached hydrogens (tertiary/aromatic N) is 1. The van der Waals surface area contributed by atoms with Crippen molar-refractivity contribution in [3.8, 4) is 11.5 Å². The van der Waals surface area contributed by atoms with Crippen LogP contribution in [0.5, 0.6) is 11.5 Å². The van der Waals surface area contributed by atoms with E-state index in [1.54, 1.807) is 0 Å². The molecule has 0 saturated heterocycles. The summed E-state index contributed by atoms with van der Waals surface area (Å²) in [7, 11) is 1.52.